The lowest BCUT2D eigenvalue weighted by Gasteiger charge is -2.16. The van der Waals surface area contributed by atoms with Crippen LogP contribution in [0.5, 0.6) is 11.5 Å². The molecule has 0 radical (unpaired) electrons. The summed E-state index contributed by atoms with van der Waals surface area (Å²) in [5.74, 6) is -0.276. The molecule has 0 aliphatic heterocycles. The summed E-state index contributed by atoms with van der Waals surface area (Å²) in [4.78, 5) is 26.5. The Kier molecular flexibility index (Phi) is 10.1. The Morgan fingerprint density at radius 1 is 0.571 bits per heavy atom. The minimum Gasteiger partial charge on any atom is -0.419 e. The van der Waals surface area contributed by atoms with Crippen molar-refractivity contribution in [3.63, 3.8) is 0 Å². The summed E-state index contributed by atoms with van der Waals surface area (Å²) >= 11 is 0. The first-order valence-electron chi connectivity index (χ1n) is 12.8. The summed E-state index contributed by atoms with van der Waals surface area (Å²) < 4.78 is 11.8. The summed E-state index contributed by atoms with van der Waals surface area (Å²) in [5.41, 5.74) is 3.87. The predicted octanol–water partition coefficient (Wildman–Crippen LogP) is 7.76. The lowest BCUT2D eigenvalue weighted by atomic mass is 10.0. The average Bonchev–Trinajstić information content (AvgIpc) is 2.88. The molecule has 35 heavy (non-hydrogen) atoms. The van der Waals surface area contributed by atoms with Gasteiger partial charge in [-0.2, -0.15) is 0 Å². The fourth-order valence-corrected chi connectivity index (χ4v) is 4.14. The molecule has 0 N–H and O–H groups in total. The van der Waals surface area contributed by atoms with Crippen LogP contribution in [0.2, 0.25) is 0 Å². The molecule has 0 spiro atoms. The molecule has 0 aliphatic rings. The van der Waals surface area contributed by atoms with Crippen LogP contribution in [-0.4, -0.2) is 11.9 Å². The topological polar surface area (TPSA) is 52.6 Å². The maximum absolute atomic E-state index is 13.3. The van der Waals surface area contributed by atoms with E-state index >= 15 is 0 Å². The van der Waals surface area contributed by atoms with Crippen molar-refractivity contribution in [2.45, 2.75) is 72.1 Å². The molecule has 0 bridgehead atoms. The number of carbonyl (C=O) groups excluding carboxylic acids is 2. The zero-order valence-corrected chi connectivity index (χ0v) is 21.1. The van der Waals surface area contributed by atoms with Gasteiger partial charge in [0.05, 0.1) is 11.1 Å². The van der Waals surface area contributed by atoms with Gasteiger partial charge in [0.2, 0.25) is 0 Å². The van der Waals surface area contributed by atoms with Gasteiger partial charge in [-0.05, 0) is 67.0 Å². The number of hydrogen-bond donors (Lipinski definition) is 0. The molecule has 4 heteroatoms. The molecule has 0 aromatic heterocycles. The van der Waals surface area contributed by atoms with E-state index in [-0.39, 0.29) is 5.75 Å². The third-order valence-electron chi connectivity index (χ3n) is 6.05. The molecule has 0 atom stereocenters. The van der Waals surface area contributed by atoms with Crippen LogP contribution in [-0.2, 0) is 19.3 Å². The summed E-state index contributed by atoms with van der Waals surface area (Å²) in [7, 11) is 0. The van der Waals surface area contributed by atoms with E-state index in [9.17, 15) is 9.59 Å². The van der Waals surface area contributed by atoms with Gasteiger partial charge >= 0.3 is 11.9 Å². The van der Waals surface area contributed by atoms with Gasteiger partial charge < -0.3 is 9.47 Å². The lowest BCUT2D eigenvalue weighted by molar-refractivity contribution is 0.0679. The van der Waals surface area contributed by atoms with Crippen LogP contribution in [0.1, 0.15) is 90.3 Å². The standard InChI is InChI=1S/C31H36O4/c1-4-7-15-23-17-9-11-20-26(23)30(32)34-28-22-13-19-25(14-6-3)29(28)35-31(33)27-21-12-10-18-24(27)16-8-5-2/h9-13,17-22H,4-8,14-16H2,1-3H3. The van der Waals surface area contributed by atoms with E-state index in [1.165, 1.54) is 0 Å². The molecule has 0 amide bonds. The van der Waals surface area contributed by atoms with Crippen molar-refractivity contribution in [2.24, 2.45) is 0 Å². The van der Waals surface area contributed by atoms with E-state index < -0.39 is 11.9 Å². The first-order valence-corrected chi connectivity index (χ1v) is 12.8. The van der Waals surface area contributed by atoms with E-state index in [4.69, 9.17) is 9.47 Å². The molecular formula is C31H36O4. The summed E-state index contributed by atoms with van der Waals surface area (Å²) in [6, 6.07) is 20.5. The normalized spacial score (nSPS) is 10.7. The molecule has 0 saturated carbocycles. The van der Waals surface area contributed by atoms with Gasteiger partial charge in [-0.1, -0.05) is 88.6 Å². The van der Waals surface area contributed by atoms with Gasteiger partial charge in [0.1, 0.15) is 0 Å². The van der Waals surface area contributed by atoms with Gasteiger partial charge in [-0.3, -0.25) is 0 Å². The number of ether oxygens (including phenoxy) is 2. The smallest absolute Gasteiger partial charge is 0.343 e. The van der Waals surface area contributed by atoms with Crippen molar-refractivity contribution in [3.8, 4) is 11.5 Å². The first-order chi connectivity index (χ1) is 17.1. The Bertz CT molecular complexity index is 1130. The molecule has 0 fully saturated rings. The number of hydrogen-bond acceptors (Lipinski definition) is 4. The van der Waals surface area contributed by atoms with Crippen LogP contribution in [0.15, 0.2) is 66.7 Å². The van der Waals surface area contributed by atoms with Crippen molar-refractivity contribution in [1.82, 2.24) is 0 Å². The fraction of sp³-hybridized carbons (Fsp3) is 0.355. The number of para-hydroxylation sites is 1. The van der Waals surface area contributed by atoms with E-state index in [0.717, 1.165) is 61.6 Å². The van der Waals surface area contributed by atoms with Gasteiger partial charge in [-0.15, -0.1) is 0 Å². The van der Waals surface area contributed by atoms with Crippen molar-refractivity contribution in [1.29, 1.82) is 0 Å². The molecule has 0 unspecified atom stereocenters. The van der Waals surface area contributed by atoms with Gasteiger partial charge in [0.25, 0.3) is 0 Å². The molecule has 3 aromatic rings. The van der Waals surface area contributed by atoms with E-state index in [0.29, 0.717) is 23.3 Å². The minimum atomic E-state index is -0.439. The number of carbonyl (C=O) groups is 2. The van der Waals surface area contributed by atoms with E-state index in [1.54, 1.807) is 18.2 Å². The monoisotopic (exact) mass is 472 g/mol. The average molecular weight is 473 g/mol. The molecule has 4 nitrogen and oxygen atoms in total. The molecule has 0 saturated heterocycles. The lowest BCUT2D eigenvalue weighted by Crippen LogP contribution is -2.16. The third-order valence-corrected chi connectivity index (χ3v) is 6.05. The molecule has 0 heterocycles. The van der Waals surface area contributed by atoms with Gasteiger partial charge in [0.15, 0.2) is 11.5 Å². The second-order valence-electron chi connectivity index (χ2n) is 8.79. The van der Waals surface area contributed by atoms with Gasteiger partial charge in [0, 0.05) is 0 Å². The second kappa shape index (κ2) is 13.5. The van der Waals surface area contributed by atoms with E-state index in [1.807, 2.05) is 48.5 Å². The molecule has 0 aliphatic carbocycles. The highest BCUT2D eigenvalue weighted by Crippen LogP contribution is 2.34. The Balaban J connectivity index is 1.91. The zero-order chi connectivity index (χ0) is 25.0. The summed E-state index contributed by atoms with van der Waals surface area (Å²) in [6.07, 6.45) is 7.29. The minimum absolute atomic E-state index is 0.269. The Morgan fingerprint density at radius 2 is 1.09 bits per heavy atom. The first kappa shape index (κ1) is 26.2. The number of rotatable bonds is 12. The number of benzene rings is 3. The van der Waals surface area contributed by atoms with Crippen LogP contribution in [0.25, 0.3) is 0 Å². The second-order valence-corrected chi connectivity index (χ2v) is 8.79. The van der Waals surface area contributed by atoms with Crippen LogP contribution in [0.4, 0.5) is 0 Å². The molecule has 184 valence electrons. The van der Waals surface area contributed by atoms with Crippen molar-refractivity contribution >= 4 is 11.9 Å². The Hall–Kier alpha value is -3.40. The third kappa shape index (κ3) is 7.05. The van der Waals surface area contributed by atoms with Crippen molar-refractivity contribution in [2.75, 3.05) is 0 Å². The summed E-state index contributed by atoms with van der Waals surface area (Å²) in [6.45, 7) is 6.32. The van der Waals surface area contributed by atoms with Crippen LogP contribution in [0.3, 0.4) is 0 Å². The number of aryl methyl sites for hydroxylation is 3. The Morgan fingerprint density at radius 3 is 1.63 bits per heavy atom. The predicted molar refractivity (Wildman–Crippen MR) is 140 cm³/mol. The number of unbranched alkanes of at least 4 members (excludes halogenated alkanes) is 2. The highest BCUT2D eigenvalue weighted by Gasteiger charge is 2.21. The zero-order valence-electron chi connectivity index (χ0n) is 21.1. The SMILES string of the molecule is CCCCc1ccccc1C(=O)Oc1cccc(CCC)c1OC(=O)c1ccccc1CCCC. The van der Waals surface area contributed by atoms with E-state index in [2.05, 4.69) is 20.8 Å². The largest absolute Gasteiger partial charge is 0.419 e. The highest BCUT2D eigenvalue weighted by atomic mass is 16.6. The molecule has 3 rings (SSSR count). The Labute approximate surface area is 209 Å². The van der Waals surface area contributed by atoms with Crippen molar-refractivity contribution in [3.05, 3.63) is 94.5 Å². The fourth-order valence-electron chi connectivity index (χ4n) is 4.14. The number of esters is 2. The maximum Gasteiger partial charge on any atom is 0.343 e. The molecular weight excluding hydrogens is 436 g/mol. The molecule has 3 aromatic carbocycles. The van der Waals surface area contributed by atoms with Crippen LogP contribution >= 0.6 is 0 Å². The van der Waals surface area contributed by atoms with Gasteiger partial charge in [-0.25, -0.2) is 9.59 Å². The quantitative estimate of drug-likeness (QED) is 0.200. The van der Waals surface area contributed by atoms with Crippen molar-refractivity contribution < 1.29 is 19.1 Å². The maximum atomic E-state index is 13.3. The van der Waals surface area contributed by atoms with Crippen LogP contribution < -0.4 is 9.47 Å². The van der Waals surface area contributed by atoms with Crippen LogP contribution in [0, 0.1) is 0 Å². The highest BCUT2D eigenvalue weighted by molar-refractivity contribution is 5.95. The summed E-state index contributed by atoms with van der Waals surface area (Å²) in [5, 5.41) is 0.